The van der Waals surface area contributed by atoms with Gasteiger partial charge in [-0.15, -0.1) is 0 Å². The lowest BCUT2D eigenvalue weighted by Crippen LogP contribution is -2.54. The molecule has 4 aliphatic carbocycles. The molecule has 1 heterocycles. The number of rotatable bonds is 5. The van der Waals surface area contributed by atoms with Crippen LogP contribution in [0.25, 0.3) is 0 Å². The lowest BCUT2D eigenvalue weighted by molar-refractivity contribution is -0.151. The average Bonchev–Trinajstić information content (AvgIpc) is 2.69. The molecule has 152 valence electrons. The Labute approximate surface area is 178 Å². The predicted octanol–water partition coefficient (Wildman–Crippen LogP) is 4.66. The summed E-state index contributed by atoms with van der Waals surface area (Å²) in [5, 5.41) is 11.7. The van der Waals surface area contributed by atoms with Crippen molar-refractivity contribution in [2.24, 2.45) is 23.7 Å². The van der Waals surface area contributed by atoms with E-state index in [1.54, 1.807) is 30.3 Å². The van der Waals surface area contributed by atoms with Gasteiger partial charge in [0.15, 0.2) is 5.78 Å². The van der Waals surface area contributed by atoms with Crippen molar-refractivity contribution in [2.75, 3.05) is 0 Å². The first-order valence-corrected chi connectivity index (χ1v) is 11.8. The van der Waals surface area contributed by atoms with Crippen LogP contribution in [0.15, 0.2) is 52.5 Å². The van der Waals surface area contributed by atoms with E-state index >= 15 is 0 Å². The number of aromatic nitrogens is 1. The first-order chi connectivity index (χ1) is 13.9. The Hall–Kier alpha value is -1.56. The van der Waals surface area contributed by atoms with Gasteiger partial charge in [-0.2, -0.15) is 0 Å². The molecule has 1 aromatic carbocycles. The van der Waals surface area contributed by atoms with Crippen LogP contribution >= 0.6 is 11.6 Å². The van der Waals surface area contributed by atoms with Crippen LogP contribution in [0.2, 0.25) is 5.02 Å². The fourth-order valence-electron chi connectivity index (χ4n) is 6.13. The van der Waals surface area contributed by atoms with Crippen molar-refractivity contribution in [2.45, 2.75) is 54.0 Å². The first kappa shape index (κ1) is 19.4. The van der Waals surface area contributed by atoms with E-state index in [0.29, 0.717) is 50.6 Å². The summed E-state index contributed by atoms with van der Waals surface area (Å²) in [6.07, 6.45) is 6.96. The molecule has 1 N–H and O–H groups in total. The van der Waals surface area contributed by atoms with E-state index in [9.17, 15) is 14.1 Å². The molecule has 3 unspecified atom stereocenters. The second-order valence-corrected chi connectivity index (χ2v) is 11.0. The number of carbonyl (C=O) groups excluding carboxylic acids is 1. The number of Topliss-reactive ketones (excluding diaryl/α,β-unsaturated/α-hetero) is 1. The monoisotopic (exact) mass is 429 g/mol. The van der Waals surface area contributed by atoms with Gasteiger partial charge in [-0.05, 0) is 80.0 Å². The van der Waals surface area contributed by atoms with Crippen LogP contribution in [-0.4, -0.2) is 25.7 Å². The minimum absolute atomic E-state index is 0.109. The number of aliphatic hydroxyl groups is 1. The Morgan fingerprint density at radius 2 is 1.93 bits per heavy atom. The Kier molecular flexibility index (Phi) is 4.88. The summed E-state index contributed by atoms with van der Waals surface area (Å²) in [6, 6.07) is 10.4. The van der Waals surface area contributed by atoms with Crippen LogP contribution < -0.4 is 0 Å². The van der Waals surface area contributed by atoms with Crippen molar-refractivity contribution in [1.29, 1.82) is 0 Å². The van der Waals surface area contributed by atoms with Gasteiger partial charge < -0.3 is 5.11 Å². The number of benzene rings is 1. The molecule has 3 atom stereocenters. The second kappa shape index (κ2) is 7.29. The smallest absolute Gasteiger partial charge is 0.163 e. The molecule has 0 amide bonds. The summed E-state index contributed by atoms with van der Waals surface area (Å²) in [5.74, 6) is 2.04. The Morgan fingerprint density at radius 3 is 2.59 bits per heavy atom. The summed E-state index contributed by atoms with van der Waals surface area (Å²) in [7, 11) is -1.45. The van der Waals surface area contributed by atoms with Crippen molar-refractivity contribution < 1.29 is 14.1 Å². The maximum Gasteiger partial charge on any atom is 0.163 e. The summed E-state index contributed by atoms with van der Waals surface area (Å²) < 4.78 is 12.8. The fourth-order valence-corrected chi connectivity index (χ4v) is 7.26. The summed E-state index contributed by atoms with van der Waals surface area (Å²) >= 11 is 5.86. The Balaban J connectivity index is 1.33. The molecule has 1 aromatic heterocycles. The number of hydrogen-bond donors (Lipinski definition) is 1. The van der Waals surface area contributed by atoms with Crippen molar-refractivity contribution in [3.05, 3.63) is 53.2 Å². The van der Waals surface area contributed by atoms with Crippen molar-refractivity contribution in [3.8, 4) is 0 Å². The number of hydrogen-bond acceptors (Lipinski definition) is 4. The summed E-state index contributed by atoms with van der Waals surface area (Å²) in [5.41, 5.74) is 0.135. The maximum absolute atomic E-state index is 13.1. The van der Waals surface area contributed by atoms with E-state index in [2.05, 4.69) is 4.98 Å². The van der Waals surface area contributed by atoms with Gasteiger partial charge in [0.1, 0.15) is 15.8 Å². The standard InChI is InChI=1S/C23H24ClNO3S/c24-18-4-5-22(25-13-18)29(28)19-3-1-2-15(8-19)21(26)9-20-16-6-14-7-17(20)12-23(27,10-14)11-16/h1-5,8,13-14,16-17,20,27H,6-7,9-12H2. The number of pyridine rings is 1. The largest absolute Gasteiger partial charge is 0.390 e. The van der Waals surface area contributed by atoms with Crippen molar-refractivity contribution in [1.82, 2.24) is 4.98 Å². The van der Waals surface area contributed by atoms with Gasteiger partial charge in [-0.1, -0.05) is 23.7 Å². The van der Waals surface area contributed by atoms with Gasteiger partial charge in [0.2, 0.25) is 0 Å². The SMILES string of the molecule is O=C(CC1C2CC3CC1CC(O)(C3)C2)c1cccc(S(=O)c2ccc(Cl)cn2)c1. The zero-order chi connectivity index (χ0) is 20.2. The molecular formula is C23H24ClNO3S. The predicted molar refractivity (Wildman–Crippen MR) is 111 cm³/mol. The van der Waals surface area contributed by atoms with Crippen molar-refractivity contribution >= 4 is 28.2 Å². The van der Waals surface area contributed by atoms with Crippen molar-refractivity contribution in [3.63, 3.8) is 0 Å². The average molecular weight is 430 g/mol. The van der Waals surface area contributed by atoms with Crippen LogP contribution in [0.1, 0.15) is 48.9 Å². The molecule has 4 fully saturated rings. The molecule has 6 rings (SSSR count). The zero-order valence-corrected chi connectivity index (χ0v) is 17.7. The Bertz CT molecular complexity index is 960. The molecule has 4 aliphatic rings. The van der Waals surface area contributed by atoms with E-state index < -0.39 is 16.4 Å². The highest BCUT2D eigenvalue weighted by molar-refractivity contribution is 7.85. The highest BCUT2D eigenvalue weighted by Gasteiger charge is 2.54. The molecule has 0 radical (unpaired) electrons. The number of carbonyl (C=O) groups is 1. The van der Waals surface area contributed by atoms with Gasteiger partial charge in [-0.3, -0.25) is 4.79 Å². The zero-order valence-electron chi connectivity index (χ0n) is 16.1. The van der Waals surface area contributed by atoms with Crippen LogP contribution in [0.5, 0.6) is 0 Å². The van der Waals surface area contributed by atoms with E-state index in [0.717, 1.165) is 32.1 Å². The third kappa shape index (κ3) is 3.69. The highest BCUT2D eigenvalue weighted by atomic mass is 35.5. The molecular weight excluding hydrogens is 406 g/mol. The first-order valence-electron chi connectivity index (χ1n) is 10.3. The van der Waals surface area contributed by atoms with Gasteiger partial charge in [0.25, 0.3) is 0 Å². The number of halogens is 1. The highest BCUT2D eigenvalue weighted by Crippen LogP contribution is 2.59. The fraction of sp³-hybridized carbons (Fsp3) is 0.478. The van der Waals surface area contributed by atoms with Crippen LogP contribution in [0, 0.1) is 23.7 Å². The molecule has 6 heteroatoms. The van der Waals surface area contributed by atoms with Crippen LogP contribution in [0.4, 0.5) is 0 Å². The lowest BCUT2D eigenvalue weighted by Gasteiger charge is -2.58. The quantitative estimate of drug-likeness (QED) is 0.702. The van der Waals surface area contributed by atoms with E-state index in [1.807, 2.05) is 6.07 Å². The van der Waals surface area contributed by atoms with E-state index in [1.165, 1.54) is 6.20 Å². The molecule has 0 saturated heterocycles. The molecule has 4 bridgehead atoms. The van der Waals surface area contributed by atoms with E-state index in [-0.39, 0.29) is 5.78 Å². The lowest BCUT2D eigenvalue weighted by atomic mass is 9.49. The normalized spacial score (nSPS) is 33.6. The van der Waals surface area contributed by atoms with Gasteiger partial charge >= 0.3 is 0 Å². The minimum atomic E-state index is -1.45. The van der Waals surface area contributed by atoms with Gasteiger partial charge in [0, 0.05) is 23.1 Å². The van der Waals surface area contributed by atoms with Gasteiger partial charge in [-0.25, -0.2) is 9.19 Å². The third-order valence-electron chi connectivity index (χ3n) is 7.12. The molecule has 4 nitrogen and oxygen atoms in total. The second-order valence-electron chi connectivity index (χ2n) is 9.10. The molecule has 0 aliphatic heterocycles. The number of ketones is 1. The van der Waals surface area contributed by atoms with Crippen LogP contribution in [-0.2, 0) is 10.8 Å². The van der Waals surface area contributed by atoms with E-state index in [4.69, 9.17) is 11.6 Å². The molecule has 0 spiro atoms. The molecule has 29 heavy (non-hydrogen) atoms. The number of nitrogens with zero attached hydrogens (tertiary/aromatic N) is 1. The molecule has 4 saturated carbocycles. The summed E-state index contributed by atoms with van der Waals surface area (Å²) in [6.45, 7) is 0. The minimum Gasteiger partial charge on any atom is -0.390 e. The van der Waals surface area contributed by atoms with Gasteiger partial charge in [0.05, 0.1) is 10.6 Å². The maximum atomic E-state index is 13.1. The Morgan fingerprint density at radius 1 is 1.17 bits per heavy atom. The van der Waals surface area contributed by atoms with Crippen LogP contribution in [0.3, 0.4) is 0 Å². The topological polar surface area (TPSA) is 67.3 Å². The molecule has 2 aromatic rings. The summed E-state index contributed by atoms with van der Waals surface area (Å²) in [4.78, 5) is 17.8. The third-order valence-corrected chi connectivity index (χ3v) is 8.64.